The summed E-state index contributed by atoms with van der Waals surface area (Å²) in [6.07, 6.45) is 0. The summed E-state index contributed by atoms with van der Waals surface area (Å²) >= 11 is 5.87. The van der Waals surface area contributed by atoms with Gasteiger partial charge in [-0.3, -0.25) is 0 Å². The summed E-state index contributed by atoms with van der Waals surface area (Å²) < 4.78 is 0. The van der Waals surface area contributed by atoms with Gasteiger partial charge in [0.25, 0.3) is 0 Å². The van der Waals surface area contributed by atoms with Crippen LogP contribution in [0.4, 0.5) is 0 Å². The monoisotopic (exact) mass is 231 g/mol. The fraction of sp³-hybridized carbons (Fsp3) is 0.143. The van der Waals surface area contributed by atoms with Crippen molar-refractivity contribution in [3.8, 4) is 0 Å². The van der Waals surface area contributed by atoms with E-state index < -0.39 is 5.54 Å². The van der Waals surface area contributed by atoms with Gasteiger partial charge in [-0.25, -0.2) is 0 Å². The third kappa shape index (κ3) is 2.11. The highest BCUT2D eigenvalue weighted by Crippen LogP contribution is 2.27. The molecule has 2 aromatic rings. The standard InChI is InChI=1S/C14H14ClN/c1-14(16,11-5-3-2-4-6-11)12-7-9-13(15)10-8-12/h2-10H,16H2,1H3. The minimum Gasteiger partial charge on any atom is -0.318 e. The second kappa shape index (κ2) is 4.28. The highest BCUT2D eigenvalue weighted by Gasteiger charge is 2.22. The lowest BCUT2D eigenvalue weighted by Crippen LogP contribution is -2.34. The van der Waals surface area contributed by atoms with E-state index in [-0.39, 0.29) is 0 Å². The fourth-order valence-corrected chi connectivity index (χ4v) is 1.87. The first-order valence-corrected chi connectivity index (χ1v) is 5.59. The fourth-order valence-electron chi connectivity index (χ4n) is 1.75. The van der Waals surface area contributed by atoms with E-state index in [4.69, 9.17) is 17.3 Å². The minimum atomic E-state index is -0.480. The summed E-state index contributed by atoms with van der Waals surface area (Å²) in [4.78, 5) is 0. The first-order valence-electron chi connectivity index (χ1n) is 5.21. The molecular weight excluding hydrogens is 218 g/mol. The normalized spacial score (nSPS) is 14.4. The molecule has 0 amide bonds. The van der Waals surface area contributed by atoms with Crippen molar-refractivity contribution in [2.24, 2.45) is 5.73 Å². The number of rotatable bonds is 2. The molecule has 1 nitrogen and oxygen atoms in total. The van der Waals surface area contributed by atoms with Crippen molar-refractivity contribution >= 4 is 11.6 Å². The maximum absolute atomic E-state index is 6.37. The quantitative estimate of drug-likeness (QED) is 0.840. The Morgan fingerprint density at radius 2 is 1.38 bits per heavy atom. The molecule has 1 atom stereocenters. The molecule has 0 fully saturated rings. The molecular formula is C14H14ClN. The Balaban J connectivity index is 2.43. The Kier molecular flexibility index (Phi) is 2.99. The Labute approximate surface area is 101 Å². The third-order valence-corrected chi connectivity index (χ3v) is 3.07. The van der Waals surface area contributed by atoms with Crippen LogP contribution in [-0.4, -0.2) is 0 Å². The van der Waals surface area contributed by atoms with E-state index in [1.165, 1.54) is 0 Å². The molecule has 0 saturated heterocycles. The molecule has 0 aliphatic carbocycles. The van der Waals surface area contributed by atoms with Gasteiger partial charge in [-0.1, -0.05) is 54.1 Å². The molecule has 0 aliphatic rings. The third-order valence-electron chi connectivity index (χ3n) is 2.82. The second-order valence-electron chi connectivity index (χ2n) is 4.08. The molecule has 0 aromatic heterocycles. The lowest BCUT2D eigenvalue weighted by molar-refractivity contribution is 0.603. The SMILES string of the molecule is CC(N)(c1ccccc1)c1ccc(Cl)cc1. The summed E-state index contributed by atoms with van der Waals surface area (Å²) in [5.41, 5.74) is 8.04. The van der Waals surface area contributed by atoms with Gasteiger partial charge in [-0.15, -0.1) is 0 Å². The Morgan fingerprint density at radius 1 is 0.875 bits per heavy atom. The lowest BCUT2D eigenvalue weighted by atomic mass is 9.86. The Bertz CT molecular complexity index is 460. The highest BCUT2D eigenvalue weighted by atomic mass is 35.5. The van der Waals surface area contributed by atoms with Gasteiger partial charge >= 0.3 is 0 Å². The molecule has 0 radical (unpaired) electrons. The van der Waals surface area contributed by atoms with Crippen molar-refractivity contribution in [2.75, 3.05) is 0 Å². The maximum atomic E-state index is 6.37. The summed E-state index contributed by atoms with van der Waals surface area (Å²) in [5.74, 6) is 0. The van der Waals surface area contributed by atoms with Gasteiger partial charge in [0.05, 0.1) is 5.54 Å². The van der Waals surface area contributed by atoms with Crippen LogP contribution in [0.3, 0.4) is 0 Å². The Morgan fingerprint density at radius 3 is 1.94 bits per heavy atom. The van der Waals surface area contributed by atoms with Gasteiger partial charge in [-0.05, 0) is 30.2 Å². The molecule has 2 heteroatoms. The number of hydrogen-bond donors (Lipinski definition) is 1. The first kappa shape index (κ1) is 11.2. The predicted molar refractivity (Wildman–Crippen MR) is 68.5 cm³/mol. The van der Waals surface area contributed by atoms with E-state index in [0.717, 1.165) is 16.1 Å². The van der Waals surface area contributed by atoms with Crippen molar-refractivity contribution in [1.29, 1.82) is 0 Å². The van der Waals surface area contributed by atoms with Crippen molar-refractivity contribution in [2.45, 2.75) is 12.5 Å². The summed E-state index contributed by atoms with van der Waals surface area (Å²) in [6, 6.07) is 17.7. The van der Waals surface area contributed by atoms with Crippen LogP contribution in [0.5, 0.6) is 0 Å². The van der Waals surface area contributed by atoms with Crippen molar-refractivity contribution < 1.29 is 0 Å². The van der Waals surface area contributed by atoms with Crippen LogP contribution < -0.4 is 5.73 Å². The molecule has 0 bridgehead atoms. The average Bonchev–Trinajstić information content (AvgIpc) is 2.31. The predicted octanol–water partition coefficient (Wildman–Crippen LogP) is 3.56. The zero-order valence-corrected chi connectivity index (χ0v) is 9.91. The minimum absolute atomic E-state index is 0.480. The highest BCUT2D eigenvalue weighted by molar-refractivity contribution is 6.30. The Hall–Kier alpha value is -1.31. The van der Waals surface area contributed by atoms with Crippen LogP contribution >= 0.6 is 11.6 Å². The molecule has 0 aliphatic heterocycles. The van der Waals surface area contributed by atoms with Crippen LogP contribution in [0.1, 0.15) is 18.1 Å². The second-order valence-corrected chi connectivity index (χ2v) is 4.51. The van der Waals surface area contributed by atoms with Crippen LogP contribution in [0.15, 0.2) is 54.6 Å². The largest absolute Gasteiger partial charge is 0.318 e. The zero-order valence-electron chi connectivity index (χ0n) is 9.15. The van der Waals surface area contributed by atoms with Crippen LogP contribution in [0.2, 0.25) is 5.02 Å². The van der Waals surface area contributed by atoms with Gasteiger partial charge in [0, 0.05) is 5.02 Å². The van der Waals surface area contributed by atoms with Crippen LogP contribution in [0.25, 0.3) is 0 Å². The molecule has 0 heterocycles. The average molecular weight is 232 g/mol. The number of hydrogen-bond acceptors (Lipinski definition) is 1. The molecule has 2 N–H and O–H groups in total. The van der Waals surface area contributed by atoms with Crippen LogP contribution in [0, 0.1) is 0 Å². The van der Waals surface area contributed by atoms with Gasteiger partial charge < -0.3 is 5.73 Å². The molecule has 82 valence electrons. The van der Waals surface area contributed by atoms with E-state index in [2.05, 4.69) is 0 Å². The molecule has 2 rings (SSSR count). The lowest BCUT2D eigenvalue weighted by Gasteiger charge is -2.26. The number of benzene rings is 2. The number of halogens is 1. The van der Waals surface area contributed by atoms with Crippen molar-refractivity contribution in [1.82, 2.24) is 0 Å². The van der Waals surface area contributed by atoms with E-state index in [1.807, 2.05) is 61.5 Å². The number of nitrogens with two attached hydrogens (primary N) is 1. The molecule has 16 heavy (non-hydrogen) atoms. The first-order chi connectivity index (χ1) is 7.60. The van der Waals surface area contributed by atoms with E-state index in [9.17, 15) is 0 Å². The maximum Gasteiger partial charge on any atom is 0.0636 e. The molecule has 1 unspecified atom stereocenters. The van der Waals surface area contributed by atoms with Gasteiger partial charge in [0.1, 0.15) is 0 Å². The summed E-state index contributed by atoms with van der Waals surface area (Å²) in [6.45, 7) is 2.01. The van der Waals surface area contributed by atoms with Crippen molar-refractivity contribution in [3.63, 3.8) is 0 Å². The summed E-state index contributed by atoms with van der Waals surface area (Å²) in [7, 11) is 0. The molecule has 0 spiro atoms. The summed E-state index contributed by atoms with van der Waals surface area (Å²) in [5, 5.41) is 0.729. The molecule has 2 aromatic carbocycles. The van der Waals surface area contributed by atoms with Crippen molar-refractivity contribution in [3.05, 3.63) is 70.7 Å². The van der Waals surface area contributed by atoms with Gasteiger partial charge in [0.2, 0.25) is 0 Å². The van der Waals surface area contributed by atoms with E-state index >= 15 is 0 Å². The topological polar surface area (TPSA) is 26.0 Å². The molecule has 0 saturated carbocycles. The van der Waals surface area contributed by atoms with E-state index in [0.29, 0.717) is 0 Å². The van der Waals surface area contributed by atoms with E-state index in [1.54, 1.807) is 0 Å². The van der Waals surface area contributed by atoms with Gasteiger partial charge in [-0.2, -0.15) is 0 Å². The van der Waals surface area contributed by atoms with Crippen LogP contribution in [-0.2, 0) is 5.54 Å². The van der Waals surface area contributed by atoms with Gasteiger partial charge in [0.15, 0.2) is 0 Å². The smallest absolute Gasteiger partial charge is 0.0636 e. The zero-order chi connectivity index (χ0) is 11.6.